The fraction of sp³-hybridized carbons (Fsp3) is 0.615. The maximum Gasteiger partial charge on any atom is 0.129 e. The summed E-state index contributed by atoms with van der Waals surface area (Å²) in [5.74, 6) is 1.37. The Bertz CT molecular complexity index is 921. The van der Waals surface area contributed by atoms with Gasteiger partial charge in [-0.05, 0) is 49.6 Å². The first-order chi connectivity index (χ1) is 14.8. The van der Waals surface area contributed by atoms with Crippen LogP contribution in [0.5, 0.6) is 0 Å². The number of hydrogen-bond acceptors (Lipinski definition) is 3. The van der Waals surface area contributed by atoms with Crippen LogP contribution >= 0.6 is 23.2 Å². The summed E-state index contributed by atoms with van der Waals surface area (Å²) in [6.07, 6.45) is 12.0. The molecule has 2 aromatic heterocycles. The van der Waals surface area contributed by atoms with Gasteiger partial charge < -0.3 is 28.5 Å². The van der Waals surface area contributed by atoms with E-state index < -0.39 is 0 Å². The van der Waals surface area contributed by atoms with E-state index in [9.17, 15) is 0 Å². The molecule has 4 saturated heterocycles. The van der Waals surface area contributed by atoms with Crippen LogP contribution < -0.4 is 24.0 Å². The van der Waals surface area contributed by atoms with Gasteiger partial charge >= 0.3 is 0 Å². The zero-order valence-corrected chi connectivity index (χ0v) is 22.8. The summed E-state index contributed by atoms with van der Waals surface area (Å²) < 4.78 is 1.20. The topological polar surface area (TPSA) is 29.0 Å². The SMILES string of the molecule is C.CN1C2CCC1C(c1ccc(Cl)nc1)C2.C[N+]1(C)C2CCC1C(c1ccc(Cl)nc1)C2.[I-]. The molecule has 0 spiro atoms. The predicted octanol–water partition coefficient (Wildman–Crippen LogP) is 3.15. The van der Waals surface area contributed by atoms with Crippen LogP contribution in [-0.2, 0) is 0 Å². The van der Waals surface area contributed by atoms with Crippen molar-refractivity contribution in [3.8, 4) is 0 Å². The third kappa shape index (κ3) is 5.09. The number of halogens is 3. The Labute approximate surface area is 226 Å². The van der Waals surface area contributed by atoms with Crippen molar-refractivity contribution in [1.82, 2.24) is 14.9 Å². The Kier molecular flexibility index (Phi) is 8.75. The molecule has 2 aromatic rings. The monoisotopic (exact) mass is 602 g/mol. The summed E-state index contributed by atoms with van der Waals surface area (Å²) in [5.41, 5.74) is 2.74. The highest BCUT2D eigenvalue weighted by molar-refractivity contribution is 6.29. The van der Waals surface area contributed by atoms with Crippen molar-refractivity contribution in [3.63, 3.8) is 0 Å². The molecule has 6 unspecified atom stereocenters. The van der Waals surface area contributed by atoms with Crippen molar-refractivity contribution in [3.05, 3.63) is 58.1 Å². The Morgan fingerprint density at radius 3 is 1.85 bits per heavy atom. The minimum atomic E-state index is 0. The van der Waals surface area contributed by atoms with Gasteiger partial charge in [0.15, 0.2) is 0 Å². The molecular formula is C26H37Cl2IN4. The van der Waals surface area contributed by atoms with Crippen LogP contribution in [-0.4, -0.2) is 64.7 Å². The van der Waals surface area contributed by atoms with Gasteiger partial charge in [0.05, 0.1) is 26.2 Å². The lowest BCUT2D eigenvalue weighted by Gasteiger charge is -2.31. The summed E-state index contributed by atoms with van der Waals surface area (Å²) in [6.45, 7) is 0. The van der Waals surface area contributed by atoms with Gasteiger partial charge in [-0.2, -0.15) is 0 Å². The number of rotatable bonds is 2. The molecule has 0 N–H and O–H groups in total. The third-order valence-corrected chi connectivity index (χ3v) is 9.27. The minimum absolute atomic E-state index is 0. The van der Waals surface area contributed by atoms with Crippen LogP contribution in [0.15, 0.2) is 36.7 Å². The van der Waals surface area contributed by atoms with Gasteiger partial charge in [0.2, 0.25) is 0 Å². The molecule has 33 heavy (non-hydrogen) atoms. The summed E-state index contributed by atoms with van der Waals surface area (Å²) in [6, 6.07) is 11.3. The Morgan fingerprint density at radius 1 is 0.848 bits per heavy atom. The van der Waals surface area contributed by atoms with E-state index in [1.165, 1.54) is 54.1 Å². The number of pyridine rings is 2. The summed E-state index contributed by atoms with van der Waals surface area (Å²) in [7, 11) is 7.02. The largest absolute Gasteiger partial charge is 1.00 e. The number of nitrogens with zero attached hydrogens (tertiary/aromatic N) is 4. The zero-order valence-electron chi connectivity index (χ0n) is 19.1. The lowest BCUT2D eigenvalue weighted by molar-refractivity contribution is -0.912. The molecule has 0 aliphatic carbocycles. The molecule has 6 heterocycles. The van der Waals surface area contributed by atoms with E-state index in [0.717, 1.165) is 24.2 Å². The molecule has 4 fully saturated rings. The molecular weight excluding hydrogens is 566 g/mol. The molecule has 6 rings (SSSR count). The summed E-state index contributed by atoms with van der Waals surface area (Å²) in [5, 5.41) is 1.19. The number of aromatic nitrogens is 2. The van der Waals surface area contributed by atoms with E-state index in [-0.39, 0.29) is 31.4 Å². The maximum atomic E-state index is 5.84. The van der Waals surface area contributed by atoms with Crippen LogP contribution in [0.3, 0.4) is 0 Å². The van der Waals surface area contributed by atoms with E-state index in [2.05, 4.69) is 48.1 Å². The molecule has 0 radical (unpaired) electrons. The van der Waals surface area contributed by atoms with Gasteiger partial charge in [-0.25, -0.2) is 9.97 Å². The van der Waals surface area contributed by atoms with Gasteiger partial charge in [0, 0.05) is 55.6 Å². The van der Waals surface area contributed by atoms with Crippen molar-refractivity contribution >= 4 is 23.2 Å². The van der Waals surface area contributed by atoms with Crippen molar-refractivity contribution < 1.29 is 28.5 Å². The molecule has 0 aromatic carbocycles. The quantitative estimate of drug-likeness (QED) is 0.300. The van der Waals surface area contributed by atoms with Gasteiger partial charge in [0.25, 0.3) is 0 Å². The zero-order chi connectivity index (χ0) is 21.8. The molecule has 0 amide bonds. The third-order valence-electron chi connectivity index (χ3n) is 8.82. The van der Waals surface area contributed by atoms with Gasteiger partial charge in [-0.3, -0.25) is 4.90 Å². The first-order valence-corrected chi connectivity index (χ1v) is 12.4. The normalized spacial score (nSPS) is 33.1. The molecule has 7 heteroatoms. The van der Waals surface area contributed by atoms with E-state index in [0.29, 0.717) is 22.1 Å². The average molecular weight is 603 g/mol. The van der Waals surface area contributed by atoms with Crippen LogP contribution in [0.4, 0.5) is 0 Å². The Hall–Kier alpha value is -0.470. The Morgan fingerprint density at radius 2 is 1.45 bits per heavy atom. The number of fused-ring (bicyclic) bond motifs is 4. The lowest BCUT2D eigenvalue weighted by Crippen LogP contribution is -3.00. The number of hydrogen-bond donors (Lipinski definition) is 0. The highest BCUT2D eigenvalue weighted by Crippen LogP contribution is 2.49. The van der Waals surface area contributed by atoms with Gasteiger partial charge in [-0.1, -0.05) is 42.8 Å². The van der Waals surface area contributed by atoms with Crippen LogP contribution in [0.2, 0.25) is 10.3 Å². The average Bonchev–Trinajstić information content (AvgIpc) is 3.45. The molecule has 4 aliphatic heterocycles. The number of likely N-dealkylation sites (N-methyl/N-ethyl adjacent to an activating group) is 2. The predicted molar refractivity (Wildman–Crippen MR) is 133 cm³/mol. The highest BCUT2D eigenvalue weighted by Gasteiger charge is 2.54. The second-order valence-electron chi connectivity index (χ2n) is 10.4. The summed E-state index contributed by atoms with van der Waals surface area (Å²) >= 11 is 11.6. The van der Waals surface area contributed by atoms with Crippen molar-refractivity contribution in [1.29, 1.82) is 0 Å². The van der Waals surface area contributed by atoms with Crippen molar-refractivity contribution in [2.24, 2.45) is 0 Å². The highest BCUT2D eigenvalue weighted by atomic mass is 127. The van der Waals surface area contributed by atoms with Gasteiger partial charge in [0.1, 0.15) is 10.3 Å². The Balaban J connectivity index is 0.000000175. The molecule has 0 saturated carbocycles. The second kappa shape index (κ2) is 10.7. The molecule has 4 aliphatic rings. The first-order valence-electron chi connectivity index (χ1n) is 11.6. The van der Waals surface area contributed by atoms with E-state index >= 15 is 0 Å². The standard InChI is InChI=1S/C13H18ClN2.C12H15ClN2.CH4.HI/c1-16(2)10-4-5-12(16)11(7-10)9-3-6-13(14)15-8-9;1-15-9-3-4-11(15)10(6-9)8-2-5-12(13)14-7-8;;/h3,6,8,10-12H,4-5,7H2,1-2H3;2,5,7,9-11H,3-4,6H2,1H3;1H4;1H/q+1;;;/p-1. The van der Waals surface area contributed by atoms with Gasteiger partial charge in [-0.15, -0.1) is 0 Å². The molecule has 4 bridgehead atoms. The van der Waals surface area contributed by atoms with Crippen LogP contribution in [0, 0.1) is 0 Å². The summed E-state index contributed by atoms with van der Waals surface area (Å²) in [4.78, 5) is 10.9. The van der Waals surface area contributed by atoms with E-state index in [1.54, 1.807) is 0 Å². The lowest BCUT2D eigenvalue weighted by atomic mass is 9.85. The number of quaternary nitrogens is 1. The van der Waals surface area contributed by atoms with E-state index in [4.69, 9.17) is 23.2 Å². The van der Waals surface area contributed by atoms with Crippen LogP contribution in [0.1, 0.15) is 68.9 Å². The molecule has 4 nitrogen and oxygen atoms in total. The van der Waals surface area contributed by atoms with E-state index in [1.807, 2.05) is 24.5 Å². The minimum Gasteiger partial charge on any atom is -1.00 e. The molecule has 182 valence electrons. The maximum absolute atomic E-state index is 5.84. The van der Waals surface area contributed by atoms with Crippen molar-refractivity contribution in [2.75, 3.05) is 21.1 Å². The van der Waals surface area contributed by atoms with Crippen molar-refractivity contribution in [2.45, 2.75) is 82.0 Å². The smallest absolute Gasteiger partial charge is 0.129 e. The fourth-order valence-electron chi connectivity index (χ4n) is 6.99. The fourth-order valence-corrected chi connectivity index (χ4v) is 7.22. The molecule has 6 atom stereocenters. The van der Waals surface area contributed by atoms with Crippen LogP contribution in [0.25, 0.3) is 0 Å². The first kappa shape index (κ1) is 27.1. The second-order valence-corrected chi connectivity index (χ2v) is 11.2.